The van der Waals surface area contributed by atoms with Gasteiger partial charge in [0.2, 0.25) is 0 Å². The van der Waals surface area contributed by atoms with Gasteiger partial charge in [-0.1, -0.05) is 28.1 Å². The molecule has 0 amide bonds. The van der Waals surface area contributed by atoms with Crippen molar-refractivity contribution in [3.8, 4) is 6.07 Å². The summed E-state index contributed by atoms with van der Waals surface area (Å²) in [6.07, 6.45) is -4.32. The predicted octanol–water partition coefficient (Wildman–Crippen LogP) is 3.17. The van der Waals surface area contributed by atoms with E-state index in [1.54, 1.807) is 30.3 Å². The molecule has 0 saturated heterocycles. The van der Waals surface area contributed by atoms with Crippen LogP contribution in [0.1, 0.15) is 11.6 Å². The summed E-state index contributed by atoms with van der Waals surface area (Å²) in [5, 5.41) is 10.9. The van der Waals surface area contributed by atoms with Crippen molar-refractivity contribution in [2.24, 2.45) is 0 Å². The van der Waals surface area contributed by atoms with Crippen molar-refractivity contribution >= 4 is 15.9 Å². The topological polar surface area (TPSA) is 35.8 Å². The molecule has 86 valence electrons. The van der Waals surface area contributed by atoms with Gasteiger partial charge in [-0.15, -0.1) is 0 Å². The molecule has 1 N–H and O–H groups in total. The summed E-state index contributed by atoms with van der Waals surface area (Å²) in [4.78, 5) is 0. The highest BCUT2D eigenvalue weighted by Gasteiger charge is 2.28. The molecule has 0 radical (unpaired) electrons. The third-order valence-corrected chi connectivity index (χ3v) is 2.31. The number of hydrogen-bond acceptors (Lipinski definition) is 2. The van der Waals surface area contributed by atoms with Crippen LogP contribution in [0.4, 0.5) is 13.2 Å². The lowest BCUT2D eigenvalue weighted by Crippen LogP contribution is -2.31. The fraction of sp³-hybridized carbons (Fsp3) is 0.300. The van der Waals surface area contributed by atoms with Gasteiger partial charge in [0.25, 0.3) is 0 Å². The second kappa shape index (κ2) is 5.32. The largest absolute Gasteiger partial charge is 0.401 e. The predicted molar refractivity (Wildman–Crippen MR) is 56.6 cm³/mol. The lowest BCUT2D eigenvalue weighted by Gasteiger charge is -2.13. The van der Waals surface area contributed by atoms with Crippen LogP contribution in [0.2, 0.25) is 0 Å². The van der Waals surface area contributed by atoms with E-state index in [1.165, 1.54) is 0 Å². The summed E-state index contributed by atoms with van der Waals surface area (Å²) >= 11 is 3.19. The van der Waals surface area contributed by atoms with Gasteiger partial charge in [0, 0.05) is 4.47 Å². The zero-order valence-corrected chi connectivity index (χ0v) is 9.64. The average Bonchev–Trinajstić information content (AvgIpc) is 2.17. The molecule has 1 aromatic rings. The maximum Gasteiger partial charge on any atom is 0.401 e. The van der Waals surface area contributed by atoms with Crippen molar-refractivity contribution in [2.75, 3.05) is 6.54 Å². The Kier molecular flexibility index (Phi) is 4.33. The Bertz CT molecular complexity index is 398. The molecule has 0 spiro atoms. The van der Waals surface area contributed by atoms with Gasteiger partial charge >= 0.3 is 6.18 Å². The van der Waals surface area contributed by atoms with E-state index in [-0.39, 0.29) is 0 Å². The van der Waals surface area contributed by atoms with Crippen LogP contribution in [-0.2, 0) is 0 Å². The van der Waals surface area contributed by atoms with Gasteiger partial charge in [0.05, 0.1) is 12.6 Å². The van der Waals surface area contributed by atoms with Crippen LogP contribution in [0.15, 0.2) is 28.7 Å². The zero-order valence-electron chi connectivity index (χ0n) is 8.05. The molecule has 0 aliphatic heterocycles. The smallest absolute Gasteiger partial charge is 0.290 e. The van der Waals surface area contributed by atoms with E-state index in [2.05, 4.69) is 21.2 Å². The second-order valence-electron chi connectivity index (χ2n) is 3.11. The third kappa shape index (κ3) is 4.21. The van der Waals surface area contributed by atoms with E-state index in [9.17, 15) is 13.2 Å². The minimum Gasteiger partial charge on any atom is -0.290 e. The lowest BCUT2D eigenvalue weighted by atomic mass is 10.1. The molecule has 0 bridgehead atoms. The van der Waals surface area contributed by atoms with Crippen LogP contribution in [0.5, 0.6) is 0 Å². The molecular formula is C10H8BrF3N2. The van der Waals surface area contributed by atoms with Crippen molar-refractivity contribution < 1.29 is 13.2 Å². The molecule has 1 atom stereocenters. The first-order valence-corrected chi connectivity index (χ1v) is 5.17. The molecule has 1 rings (SSSR count). The first-order valence-electron chi connectivity index (χ1n) is 4.37. The molecule has 0 aliphatic carbocycles. The number of hydrogen-bond donors (Lipinski definition) is 1. The van der Waals surface area contributed by atoms with E-state index >= 15 is 0 Å². The SMILES string of the molecule is N#CC(NCC(F)(F)F)c1cccc(Br)c1. The van der Waals surface area contributed by atoms with E-state index < -0.39 is 18.8 Å². The molecular weight excluding hydrogens is 285 g/mol. The van der Waals surface area contributed by atoms with Crippen LogP contribution >= 0.6 is 15.9 Å². The van der Waals surface area contributed by atoms with Gasteiger partial charge in [-0.2, -0.15) is 18.4 Å². The van der Waals surface area contributed by atoms with Gasteiger partial charge in [-0.3, -0.25) is 5.32 Å². The second-order valence-corrected chi connectivity index (χ2v) is 4.03. The molecule has 2 nitrogen and oxygen atoms in total. The lowest BCUT2D eigenvalue weighted by molar-refractivity contribution is -0.125. The number of nitrogens with one attached hydrogen (secondary N) is 1. The number of alkyl halides is 3. The first kappa shape index (κ1) is 13.0. The van der Waals surface area contributed by atoms with E-state index in [0.717, 1.165) is 4.47 Å². The van der Waals surface area contributed by atoms with E-state index in [4.69, 9.17) is 5.26 Å². The van der Waals surface area contributed by atoms with Crippen molar-refractivity contribution in [1.82, 2.24) is 5.32 Å². The highest BCUT2D eigenvalue weighted by Crippen LogP contribution is 2.19. The number of nitrogens with zero attached hydrogens (tertiary/aromatic N) is 1. The molecule has 1 unspecified atom stereocenters. The Hall–Kier alpha value is -1.06. The molecule has 0 aromatic heterocycles. The van der Waals surface area contributed by atoms with E-state index in [0.29, 0.717) is 5.56 Å². The summed E-state index contributed by atoms with van der Waals surface area (Å²) in [5.41, 5.74) is 0.501. The number of rotatable bonds is 3. The van der Waals surface area contributed by atoms with Gasteiger partial charge in [-0.05, 0) is 17.7 Å². The van der Waals surface area contributed by atoms with Crippen molar-refractivity contribution in [1.29, 1.82) is 5.26 Å². The number of halogens is 4. The fourth-order valence-electron chi connectivity index (χ4n) is 1.14. The summed E-state index contributed by atoms with van der Waals surface area (Å²) in [6, 6.07) is 7.44. The minimum atomic E-state index is -4.32. The molecule has 0 heterocycles. The summed E-state index contributed by atoms with van der Waals surface area (Å²) in [7, 11) is 0. The number of nitriles is 1. The Labute approximate surface area is 99.2 Å². The van der Waals surface area contributed by atoms with Crippen LogP contribution in [0.3, 0.4) is 0 Å². The summed E-state index contributed by atoms with van der Waals surface area (Å²) in [6.45, 7) is -1.18. The molecule has 0 fully saturated rings. The standard InChI is InChI=1S/C10H8BrF3N2/c11-8-3-1-2-7(4-8)9(5-15)16-6-10(12,13)14/h1-4,9,16H,6H2. The fourth-order valence-corrected chi connectivity index (χ4v) is 1.56. The zero-order chi connectivity index (χ0) is 12.2. The Morgan fingerprint density at radius 1 is 1.44 bits per heavy atom. The highest BCUT2D eigenvalue weighted by molar-refractivity contribution is 9.10. The van der Waals surface area contributed by atoms with Gasteiger partial charge in [-0.25, -0.2) is 0 Å². The summed E-state index contributed by atoms with van der Waals surface area (Å²) < 4.78 is 36.6. The van der Waals surface area contributed by atoms with Crippen LogP contribution in [0, 0.1) is 11.3 Å². The minimum absolute atomic E-state index is 0.501. The molecule has 1 aromatic carbocycles. The van der Waals surface area contributed by atoms with Gasteiger partial charge in [0.15, 0.2) is 0 Å². The quantitative estimate of drug-likeness (QED) is 0.929. The molecule has 16 heavy (non-hydrogen) atoms. The maximum absolute atomic E-state index is 12.0. The first-order chi connectivity index (χ1) is 7.42. The molecule has 0 aliphatic rings. The van der Waals surface area contributed by atoms with Crippen LogP contribution < -0.4 is 5.32 Å². The summed E-state index contributed by atoms with van der Waals surface area (Å²) in [5.74, 6) is 0. The highest BCUT2D eigenvalue weighted by atomic mass is 79.9. The van der Waals surface area contributed by atoms with Gasteiger partial charge < -0.3 is 0 Å². The Morgan fingerprint density at radius 3 is 2.62 bits per heavy atom. The van der Waals surface area contributed by atoms with Crippen LogP contribution in [-0.4, -0.2) is 12.7 Å². The number of benzene rings is 1. The van der Waals surface area contributed by atoms with Gasteiger partial charge in [0.1, 0.15) is 6.04 Å². The molecule has 0 saturated carbocycles. The monoisotopic (exact) mass is 292 g/mol. The Balaban J connectivity index is 2.73. The maximum atomic E-state index is 12.0. The Morgan fingerprint density at radius 2 is 2.12 bits per heavy atom. The molecule has 6 heteroatoms. The van der Waals surface area contributed by atoms with Crippen LogP contribution in [0.25, 0.3) is 0 Å². The normalized spacial score (nSPS) is 13.2. The average molecular weight is 293 g/mol. The van der Waals surface area contributed by atoms with Crippen molar-refractivity contribution in [2.45, 2.75) is 12.2 Å². The van der Waals surface area contributed by atoms with E-state index in [1.807, 2.05) is 0 Å². The third-order valence-electron chi connectivity index (χ3n) is 1.82. The van der Waals surface area contributed by atoms with Crippen molar-refractivity contribution in [3.63, 3.8) is 0 Å². The van der Waals surface area contributed by atoms with Crippen molar-refractivity contribution in [3.05, 3.63) is 34.3 Å².